The number of nitriles is 1. The second-order valence-corrected chi connectivity index (χ2v) is 5.04. The van der Waals surface area contributed by atoms with Crippen LogP contribution in [0.25, 0.3) is 0 Å². The van der Waals surface area contributed by atoms with E-state index in [1.165, 1.54) is 19.2 Å². The molecule has 23 heavy (non-hydrogen) atoms. The average Bonchev–Trinajstić information content (AvgIpc) is 3.27. The first-order valence-corrected chi connectivity index (χ1v) is 6.79. The molecule has 1 aliphatic heterocycles. The van der Waals surface area contributed by atoms with E-state index in [9.17, 15) is 9.59 Å². The Balaban J connectivity index is 2.15. The number of rotatable bonds is 7. The van der Waals surface area contributed by atoms with Crippen LogP contribution in [0.2, 0.25) is 0 Å². The van der Waals surface area contributed by atoms with E-state index in [-0.39, 0.29) is 24.3 Å². The van der Waals surface area contributed by atoms with Crippen molar-refractivity contribution >= 4 is 23.6 Å². The van der Waals surface area contributed by atoms with Crippen molar-refractivity contribution in [3.8, 4) is 6.07 Å². The van der Waals surface area contributed by atoms with Gasteiger partial charge in [0, 0.05) is 6.54 Å². The number of amides is 1. The molecular weight excluding hydrogens is 304 g/mol. The molecule has 0 bridgehead atoms. The van der Waals surface area contributed by atoms with Crippen LogP contribution in [0.5, 0.6) is 0 Å². The van der Waals surface area contributed by atoms with E-state index < -0.39 is 17.7 Å². The number of methoxy groups -OCH3 is 1. The number of carboxylic acid groups (broad SMARTS) is 1. The van der Waals surface area contributed by atoms with Gasteiger partial charge < -0.3 is 19.9 Å². The Kier molecular flexibility index (Phi) is 4.98. The highest BCUT2D eigenvalue weighted by molar-refractivity contribution is 5.87. The van der Waals surface area contributed by atoms with Crippen molar-refractivity contribution < 1.29 is 24.2 Å². The van der Waals surface area contributed by atoms with E-state index in [4.69, 9.17) is 15.1 Å². The molecule has 1 aromatic heterocycles. The van der Waals surface area contributed by atoms with Gasteiger partial charge in [0.05, 0.1) is 44.0 Å². The Hall–Kier alpha value is -2.86. The molecule has 0 spiro atoms. The normalized spacial score (nSPS) is 18.6. The van der Waals surface area contributed by atoms with E-state index in [1.807, 2.05) is 6.07 Å². The quantitative estimate of drug-likeness (QED) is 0.499. The van der Waals surface area contributed by atoms with Crippen LogP contribution in [-0.2, 0) is 20.7 Å². The maximum atomic E-state index is 11.3. The van der Waals surface area contributed by atoms with Crippen molar-refractivity contribution in [1.29, 1.82) is 5.26 Å². The molecule has 122 valence electrons. The number of pyridine rings is 1. The van der Waals surface area contributed by atoms with Crippen LogP contribution in [0.4, 0.5) is 16.3 Å². The fourth-order valence-electron chi connectivity index (χ4n) is 1.93. The Bertz CT molecular complexity index is 651. The highest BCUT2D eigenvalue weighted by atomic mass is 16.6. The standard InChI is InChI=1S/C14H16N4O5/c1-22-11(19)6-9-2-3-10(18-13(20)21)12(17-9)16-7-14(4-5-15)8-23-14/h2-3,18H,4,6-8H2,1H3,(H,16,17)(H,20,21). The second kappa shape index (κ2) is 6.93. The van der Waals surface area contributed by atoms with Crippen molar-refractivity contribution in [2.75, 3.05) is 30.9 Å². The number of epoxide rings is 1. The zero-order valence-electron chi connectivity index (χ0n) is 12.5. The fraction of sp³-hybridized carbons (Fsp3) is 0.429. The van der Waals surface area contributed by atoms with Crippen LogP contribution in [-0.4, -0.2) is 48.0 Å². The van der Waals surface area contributed by atoms with Gasteiger partial charge in [-0.3, -0.25) is 10.1 Å². The number of aromatic nitrogens is 1. The molecule has 0 saturated carbocycles. The zero-order valence-corrected chi connectivity index (χ0v) is 12.5. The first-order chi connectivity index (χ1) is 11.0. The predicted molar refractivity (Wildman–Crippen MR) is 79.0 cm³/mol. The molecule has 1 unspecified atom stereocenters. The summed E-state index contributed by atoms with van der Waals surface area (Å²) in [4.78, 5) is 26.4. The number of hydrogen-bond acceptors (Lipinski definition) is 7. The fourth-order valence-corrected chi connectivity index (χ4v) is 1.93. The van der Waals surface area contributed by atoms with E-state index >= 15 is 0 Å². The lowest BCUT2D eigenvalue weighted by Gasteiger charge is -2.14. The molecule has 2 heterocycles. The molecule has 9 nitrogen and oxygen atoms in total. The molecule has 1 atom stereocenters. The smallest absolute Gasteiger partial charge is 0.409 e. The first kappa shape index (κ1) is 16.5. The van der Waals surface area contributed by atoms with Gasteiger partial charge in [-0.25, -0.2) is 9.78 Å². The molecule has 2 rings (SSSR count). The lowest BCUT2D eigenvalue weighted by atomic mass is 10.1. The van der Waals surface area contributed by atoms with E-state index in [0.29, 0.717) is 18.8 Å². The van der Waals surface area contributed by atoms with E-state index in [0.717, 1.165) is 0 Å². The Morgan fingerprint density at radius 3 is 2.87 bits per heavy atom. The molecule has 3 N–H and O–H groups in total. The summed E-state index contributed by atoms with van der Waals surface area (Å²) in [5, 5.41) is 22.8. The molecule has 1 fully saturated rings. The number of nitrogens with one attached hydrogen (secondary N) is 2. The Morgan fingerprint density at radius 2 is 2.30 bits per heavy atom. The summed E-state index contributed by atoms with van der Waals surface area (Å²) in [6, 6.07) is 5.08. The van der Waals surface area contributed by atoms with Gasteiger partial charge in [-0.2, -0.15) is 5.26 Å². The molecule has 0 radical (unpaired) electrons. The number of hydrogen-bond donors (Lipinski definition) is 3. The number of carbonyl (C=O) groups is 2. The van der Waals surface area contributed by atoms with E-state index in [1.54, 1.807) is 0 Å². The van der Waals surface area contributed by atoms with Gasteiger partial charge in [0.15, 0.2) is 0 Å². The molecule has 1 saturated heterocycles. The van der Waals surface area contributed by atoms with Crippen LogP contribution < -0.4 is 10.6 Å². The summed E-state index contributed by atoms with van der Waals surface area (Å²) in [6.45, 7) is 0.765. The summed E-state index contributed by atoms with van der Waals surface area (Å²) < 4.78 is 9.85. The maximum absolute atomic E-state index is 11.3. The minimum atomic E-state index is -1.23. The number of ether oxygens (including phenoxy) is 2. The third kappa shape index (κ3) is 4.55. The molecule has 1 aliphatic rings. The number of esters is 1. The van der Waals surface area contributed by atoms with Crippen LogP contribution in [0.15, 0.2) is 12.1 Å². The van der Waals surface area contributed by atoms with E-state index in [2.05, 4.69) is 20.4 Å². The Morgan fingerprint density at radius 1 is 1.57 bits per heavy atom. The third-order valence-corrected chi connectivity index (χ3v) is 3.28. The summed E-state index contributed by atoms with van der Waals surface area (Å²) >= 11 is 0. The SMILES string of the molecule is COC(=O)Cc1ccc(NC(=O)O)c(NCC2(CC#N)CO2)n1. The highest BCUT2D eigenvalue weighted by Crippen LogP contribution is 2.31. The molecular formula is C14H16N4O5. The third-order valence-electron chi connectivity index (χ3n) is 3.28. The van der Waals surface area contributed by atoms with Crippen molar-refractivity contribution in [2.45, 2.75) is 18.4 Å². The van der Waals surface area contributed by atoms with Crippen molar-refractivity contribution in [3.05, 3.63) is 17.8 Å². The summed E-state index contributed by atoms with van der Waals surface area (Å²) in [5.41, 5.74) is 0.121. The monoisotopic (exact) mass is 320 g/mol. The Labute approximate surface area is 132 Å². The number of anilines is 2. The van der Waals surface area contributed by atoms with Crippen LogP contribution in [0.3, 0.4) is 0 Å². The predicted octanol–water partition coefficient (Wildman–Crippen LogP) is 0.982. The van der Waals surface area contributed by atoms with Gasteiger partial charge in [0.2, 0.25) is 0 Å². The zero-order chi connectivity index (χ0) is 16.9. The van der Waals surface area contributed by atoms with Crippen LogP contribution in [0, 0.1) is 11.3 Å². The number of carbonyl (C=O) groups excluding carboxylic acids is 1. The van der Waals surface area contributed by atoms with Crippen LogP contribution >= 0.6 is 0 Å². The average molecular weight is 320 g/mol. The van der Waals surface area contributed by atoms with Gasteiger partial charge in [-0.1, -0.05) is 0 Å². The summed E-state index contributed by atoms with van der Waals surface area (Å²) in [7, 11) is 1.28. The lowest BCUT2D eigenvalue weighted by molar-refractivity contribution is -0.139. The minimum absolute atomic E-state index is 0.0294. The highest BCUT2D eigenvalue weighted by Gasteiger charge is 2.44. The summed E-state index contributed by atoms with van der Waals surface area (Å²) in [6.07, 6.45) is -1.04. The lowest BCUT2D eigenvalue weighted by Crippen LogP contribution is -2.24. The molecule has 9 heteroatoms. The van der Waals surface area contributed by atoms with Crippen molar-refractivity contribution in [1.82, 2.24) is 4.98 Å². The first-order valence-electron chi connectivity index (χ1n) is 6.79. The second-order valence-electron chi connectivity index (χ2n) is 5.04. The van der Waals surface area contributed by atoms with Gasteiger partial charge >= 0.3 is 12.1 Å². The molecule has 0 aromatic carbocycles. The molecule has 0 aliphatic carbocycles. The molecule has 1 aromatic rings. The van der Waals surface area contributed by atoms with Crippen molar-refractivity contribution in [3.63, 3.8) is 0 Å². The molecule has 1 amide bonds. The van der Waals surface area contributed by atoms with Gasteiger partial charge in [-0.05, 0) is 12.1 Å². The minimum Gasteiger partial charge on any atom is -0.469 e. The van der Waals surface area contributed by atoms with Gasteiger partial charge in [-0.15, -0.1) is 0 Å². The summed E-state index contributed by atoms with van der Waals surface area (Å²) in [5.74, 6) is -0.185. The topological polar surface area (TPSA) is 137 Å². The van der Waals surface area contributed by atoms with Gasteiger partial charge in [0.25, 0.3) is 0 Å². The van der Waals surface area contributed by atoms with Crippen LogP contribution in [0.1, 0.15) is 12.1 Å². The maximum Gasteiger partial charge on any atom is 0.409 e. The number of nitrogens with zero attached hydrogens (tertiary/aromatic N) is 2. The van der Waals surface area contributed by atoms with Gasteiger partial charge in [0.1, 0.15) is 11.4 Å². The van der Waals surface area contributed by atoms with Crippen molar-refractivity contribution in [2.24, 2.45) is 0 Å². The largest absolute Gasteiger partial charge is 0.469 e.